The van der Waals surface area contributed by atoms with E-state index in [1.807, 2.05) is 25.1 Å². The van der Waals surface area contributed by atoms with E-state index in [1.165, 1.54) is 6.08 Å². The molecule has 0 saturated carbocycles. The minimum Gasteiger partial charge on any atom is -0.392 e. The number of hydrogen-bond acceptors (Lipinski definition) is 2. The van der Waals surface area contributed by atoms with Gasteiger partial charge in [-0.25, -0.2) is 0 Å². The van der Waals surface area contributed by atoms with Crippen molar-refractivity contribution in [2.75, 3.05) is 0 Å². The summed E-state index contributed by atoms with van der Waals surface area (Å²) in [7, 11) is 0. The van der Waals surface area contributed by atoms with Gasteiger partial charge in [0.1, 0.15) is 6.29 Å². The van der Waals surface area contributed by atoms with Gasteiger partial charge in [0.2, 0.25) is 0 Å². The number of aliphatic hydroxyl groups is 1. The predicted octanol–water partition coefficient (Wildman–Crippen LogP) is 1.70. The summed E-state index contributed by atoms with van der Waals surface area (Å²) in [6.45, 7) is 1.99. The summed E-state index contributed by atoms with van der Waals surface area (Å²) in [5.74, 6) is 0. The average Bonchev–Trinajstić information content (AvgIpc) is 2.17. The standard InChI is InChI=1S/C11H12O2/c1-9-4-5-10(8-13)7-11(9)3-2-6-12/h2-7,13H,8H2,1H3. The Morgan fingerprint density at radius 2 is 2.23 bits per heavy atom. The Morgan fingerprint density at radius 3 is 2.85 bits per heavy atom. The van der Waals surface area contributed by atoms with Gasteiger partial charge in [0.05, 0.1) is 6.61 Å². The zero-order valence-electron chi connectivity index (χ0n) is 7.53. The summed E-state index contributed by atoms with van der Waals surface area (Å²) < 4.78 is 0. The van der Waals surface area contributed by atoms with Crippen LogP contribution in [0, 0.1) is 6.92 Å². The predicted molar refractivity (Wildman–Crippen MR) is 52.2 cm³/mol. The van der Waals surface area contributed by atoms with Crippen LogP contribution >= 0.6 is 0 Å². The van der Waals surface area contributed by atoms with E-state index < -0.39 is 0 Å². The van der Waals surface area contributed by atoms with Crippen molar-refractivity contribution in [3.63, 3.8) is 0 Å². The van der Waals surface area contributed by atoms with Crippen LogP contribution < -0.4 is 0 Å². The minimum atomic E-state index is 0.0300. The van der Waals surface area contributed by atoms with Gasteiger partial charge in [0.25, 0.3) is 0 Å². The summed E-state index contributed by atoms with van der Waals surface area (Å²) in [6, 6.07) is 5.67. The number of rotatable bonds is 3. The fraction of sp³-hybridized carbons (Fsp3) is 0.182. The van der Waals surface area contributed by atoms with Crippen molar-refractivity contribution in [2.45, 2.75) is 13.5 Å². The summed E-state index contributed by atoms with van der Waals surface area (Å²) >= 11 is 0. The Bertz CT molecular complexity index is 327. The molecule has 1 aromatic carbocycles. The Labute approximate surface area is 77.5 Å². The Morgan fingerprint density at radius 1 is 1.46 bits per heavy atom. The molecule has 0 bridgehead atoms. The van der Waals surface area contributed by atoms with Gasteiger partial charge in [-0.3, -0.25) is 4.79 Å². The maximum Gasteiger partial charge on any atom is 0.142 e. The molecular weight excluding hydrogens is 164 g/mol. The van der Waals surface area contributed by atoms with Gasteiger partial charge in [-0.2, -0.15) is 0 Å². The van der Waals surface area contributed by atoms with Crippen LogP contribution in [-0.2, 0) is 11.4 Å². The van der Waals surface area contributed by atoms with Gasteiger partial charge in [-0.1, -0.05) is 18.2 Å². The lowest BCUT2D eigenvalue weighted by Gasteiger charge is -2.02. The smallest absolute Gasteiger partial charge is 0.142 e. The van der Waals surface area contributed by atoms with Crippen molar-refractivity contribution in [2.24, 2.45) is 0 Å². The summed E-state index contributed by atoms with van der Waals surface area (Å²) in [5.41, 5.74) is 2.92. The molecule has 13 heavy (non-hydrogen) atoms. The third-order valence-electron chi connectivity index (χ3n) is 1.88. The Balaban J connectivity index is 3.03. The molecule has 0 aliphatic heterocycles. The van der Waals surface area contributed by atoms with Crippen LogP contribution in [0.3, 0.4) is 0 Å². The first-order valence-corrected chi connectivity index (χ1v) is 4.10. The molecule has 1 aromatic rings. The zero-order chi connectivity index (χ0) is 9.68. The minimum absolute atomic E-state index is 0.0300. The molecule has 0 saturated heterocycles. The van der Waals surface area contributed by atoms with Crippen molar-refractivity contribution in [3.8, 4) is 0 Å². The van der Waals surface area contributed by atoms with E-state index in [-0.39, 0.29) is 6.61 Å². The van der Waals surface area contributed by atoms with Gasteiger partial charge < -0.3 is 5.11 Å². The molecule has 2 heteroatoms. The van der Waals surface area contributed by atoms with Gasteiger partial charge in [-0.15, -0.1) is 0 Å². The molecule has 2 nitrogen and oxygen atoms in total. The molecule has 68 valence electrons. The van der Waals surface area contributed by atoms with Crippen molar-refractivity contribution >= 4 is 12.4 Å². The second-order valence-corrected chi connectivity index (χ2v) is 2.84. The summed E-state index contributed by atoms with van der Waals surface area (Å²) in [4.78, 5) is 10.1. The fourth-order valence-corrected chi connectivity index (χ4v) is 1.11. The molecule has 1 rings (SSSR count). The molecule has 0 spiro atoms. The van der Waals surface area contributed by atoms with E-state index >= 15 is 0 Å². The Hall–Kier alpha value is -1.41. The van der Waals surface area contributed by atoms with E-state index in [1.54, 1.807) is 6.08 Å². The van der Waals surface area contributed by atoms with Gasteiger partial charge in [-0.05, 0) is 35.8 Å². The topological polar surface area (TPSA) is 37.3 Å². The number of hydrogen-bond donors (Lipinski definition) is 1. The highest BCUT2D eigenvalue weighted by molar-refractivity contribution is 5.74. The summed E-state index contributed by atoms with van der Waals surface area (Å²) in [6.07, 6.45) is 3.93. The van der Waals surface area contributed by atoms with Gasteiger partial charge in [0.15, 0.2) is 0 Å². The van der Waals surface area contributed by atoms with E-state index in [2.05, 4.69) is 0 Å². The van der Waals surface area contributed by atoms with Crippen LogP contribution in [0.4, 0.5) is 0 Å². The molecule has 0 fully saturated rings. The molecule has 0 aliphatic carbocycles. The second-order valence-electron chi connectivity index (χ2n) is 2.84. The average molecular weight is 176 g/mol. The van der Waals surface area contributed by atoms with Crippen LogP contribution in [0.15, 0.2) is 24.3 Å². The third kappa shape index (κ3) is 2.53. The number of allylic oxidation sites excluding steroid dienone is 1. The molecule has 1 N–H and O–H groups in total. The Kier molecular flexibility index (Phi) is 3.41. The largest absolute Gasteiger partial charge is 0.392 e. The van der Waals surface area contributed by atoms with Gasteiger partial charge >= 0.3 is 0 Å². The molecule has 0 aromatic heterocycles. The maximum absolute atomic E-state index is 10.1. The first-order valence-electron chi connectivity index (χ1n) is 4.10. The fourth-order valence-electron chi connectivity index (χ4n) is 1.11. The molecule has 0 amide bonds. The molecule has 0 unspecified atom stereocenters. The molecule has 0 atom stereocenters. The lowest BCUT2D eigenvalue weighted by atomic mass is 10.1. The van der Waals surface area contributed by atoms with Crippen molar-refractivity contribution in [1.82, 2.24) is 0 Å². The van der Waals surface area contributed by atoms with Crippen LogP contribution in [0.25, 0.3) is 6.08 Å². The van der Waals surface area contributed by atoms with Gasteiger partial charge in [0, 0.05) is 0 Å². The number of aryl methyl sites for hydroxylation is 1. The lowest BCUT2D eigenvalue weighted by molar-refractivity contribution is -0.104. The molecule has 0 aliphatic rings. The van der Waals surface area contributed by atoms with Crippen LogP contribution in [-0.4, -0.2) is 11.4 Å². The summed E-state index contributed by atoms with van der Waals surface area (Å²) in [5, 5.41) is 8.88. The van der Waals surface area contributed by atoms with Crippen molar-refractivity contribution < 1.29 is 9.90 Å². The lowest BCUT2D eigenvalue weighted by Crippen LogP contribution is -1.87. The van der Waals surface area contributed by atoms with E-state index in [0.717, 1.165) is 23.0 Å². The first kappa shape index (κ1) is 9.68. The molecule has 0 radical (unpaired) electrons. The van der Waals surface area contributed by atoms with Crippen molar-refractivity contribution in [1.29, 1.82) is 0 Å². The maximum atomic E-state index is 10.1. The normalized spacial score (nSPS) is 10.6. The first-order chi connectivity index (χ1) is 6.27. The van der Waals surface area contributed by atoms with E-state index in [0.29, 0.717) is 0 Å². The number of aldehydes is 1. The monoisotopic (exact) mass is 176 g/mol. The quantitative estimate of drug-likeness (QED) is 0.562. The number of carbonyl (C=O) groups is 1. The highest BCUT2D eigenvalue weighted by Crippen LogP contribution is 2.12. The van der Waals surface area contributed by atoms with Crippen molar-refractivity contribution in [3.05, 3.63) is 41.0 Å². The van der Waals surface area contributed by atoms with Crippen LogP contribution in [0.1, 0.15) is 16.7 Å². The second kappa shape index (κ2) is 4.58. The number of carbonyl (C=O) groups excluding carboxylic acids is 1. The highest BCUT2D eigenvalue weighted by atomic mass is 16.3. The molecule has 0 heterocycles. The number of benzene rings is 1. The van der Waals surface area contributed by atoms with Crippen LogP contribution in [0.5, 0.6) is 0 Å². The van der Waals surface area contributed by atoms with E-state index in [4.69, 9.17) is 5.11 Å². The highest BCUT2D eigenvalue weighted by Gasteiger charge is 1.95. The third-order valence-corrected chi connectivity index (χ3v) is 1.88. The van der Waals surface area contributed by atoms with Crippen LogP contribution in [0.2, 0.25) is 0 Å². The van der Waals surface area contributed by atoms with E-state index in [9.17, 15) is 4.79 Å². The number of aliphatic hydroxyl groups excluding tert-OH is 1. The molecular formula is C11H12O2. The zero-order valence-corrected chi connectivity index (χ0v) is 7.53. The SMILES string of the molecule is Cc1ccc(CO)cc1C=CC=O.